The van der Waals surface area contributed by atoms with E-state index in [0.717, 1.165) is 50.1 Å². The predicted octanol–water partition coefficient (Wildman–Crippen LogP) is 13.9. The van der Waals surface area contributed by atoms with Crippen LogP contribution in [-0.4, -0.2) is 0 Å². The molecule has 3 heteroatoms. The molecule has 10 aromatic rings. The molecular weight excluding hydrogens is 615 g/mol. The molecule has 0 atom stereocenters. The molecule has 0 saturated carbocycles. The maximum absolute atomic E-state index is 6.40. The van der Waals surface area contributed by atoms with Gasteiger partial charge >= 0.3 is 0 Å². The molecule has 0 aliphatic heterocycles. The highest BCUT2D eigenvalue weighted by Gasteiger charge is 2.19. The first-order chi connectivity index (χ1) is 24.3. The van der Waals surface area contributed by atoms with Gasteiger partial charge in [-0.15, -0.1) is 11.3 Å². The van der Waals surface area contributed by atoms with Crippen molar-refractivity contribution in [3.8, 4) is 22.3 Å². The molecular formula is C46H29NOS. The van der Waals surface area contributed by atoms with Crippen LogP contribution in [0.25, 0.3) is 75.1 Å². The third-order valence-corrected chi connectivity index (χ3v) is 10.8. The van der Waals surface area contributed by atoms with Crippen LogP contribution >= 0.6 is 11.3 Å². The highest BCUT2D eigenvalue weighted by molar-refractivity contribution is 7.25. The largest absolute Gasteiger partial charge is 0.455 e. The summed E-state index contributed by atoms with van der Waals surface area (Å²) in [5.74, 6) is 0. The zero-order valence-electron chi connectivity index (χ0n) is 26.5. The summed E-state index contributed by atoms with van der Waals surface area (Å²) in [5.41, 5.74) is 9.74. The van der Waals surface area contributed by atoms with Crippen LogP contribution in [0.4, 0.5) is 17.1 Å². The second-order valence-electron chi connectivity index (χ2n) is 12.5. The van der Waals surface area contributed by atoms with Crippen LogP contribution in [0.15, 0.2) is 180 Å². The van der Waals surface area contributed by atoms with E-state index in [1.165, 1.54) is 42.1 Å². The Morgan fingerprint density at radius 3 is 2.00 bits per heavy atom. The summed E-state index contributed by atoms with van der Waals surface area (Å²) >= 11 is 1.86. The monoisotopic (exact) mass is 643 g/mol. The quantitative estimate of drug-likeness (QED) is 0.186. The van der Waals surface area contributed by atoms with E-state index in [9.17, 15) is 0 Å². The number of thiophene rings is 1. The van der Waals surface area contributed by atoms with Crippen LogP contribution in [0.5, 0.6) is 0 Å². The maximum atomic E-state index is 6.40. The summed E-state index contributed by atoms with van der Waals surface area (Å²) in [7, 11) is 0. The second kappa shape index (κ2) is 11.2. The Hall–Kier alpha value is -6.16. The summed E-state index contributed by atoms with van der Waals surface area (Å²) in [6.07, 6.45) is 0. The summed E-state index contributed by atoms with van der Waals surface area (Å²) in [6.45, 7) is 0. The van der Waals surface area contributed by atoms with Crippen molar-refractivity contribution >= 4 is 81.3 Å². The van der Waals surface area contributed by atoms with Gasteiger partial charge in [0.1, 0.15) is 11.2 Å². The summed E-state index contributed by atoms with van der Waals surface area (Å²) < 4.78 is 9.04. The van der Waals surface area contributed by atoms with Crippen molar-refractivity contribution in [3.05, 3.63) is 176 Å². The zero-order chi connectivity index (χ0) is 32.3. The second-order valence-corrected chi connectivity index (χ2v) is 13.6. The molecule has 0 aliphatic carbocycles. The van der Waals surface area contributed by atoms with Gasteiger partial charge in [-0.3, -0.25) is 0 Å². The van der Waals surface area contributed by atoms with Gasteiger partial charge in [0, 0.05) is 53.4 Å². The van der Waals surface area contributed by atoms with Gasteiger partial charge in [0.2, 0.25) is 0 Å². The average molecular weight is 644 g/mol. The van der Waals surface area contributed by atoms with E-state index in [1.807, 2.05) is 23.5 Å². The Morgan fingerprint density at radius 2 is 1.10 bits per heavy atom. The lowest BCUT2D eigenvalue weighted by molar-refractivity contribution is 0.670. The van der Waals surface area contributed by atoms with Crippen molar-refractivity contribution in [2.45, 2.75) is 0 Å². The summed E-state index contributed by atoms with van der Waals surface area (Å²) in [5, 5.41) is 7.40. The minimum atomic E-state index is 0.912. The van der Waals surface area contributed by atoms with Crippen LogP contribution in [0.3, 0.4) is 0 Å². The molecule has 0 saturated heterocycles. The third kappa shape index (κ3) is 4.62. The van der Waals surface area contributed by atoms with Crippen molar-refractivity contribution in [3.63, 3.8) is 0 Å². The Bertz CT molecular complexity index is 2830. The number of anilines is 3. The number of rotatable bonds is 5. The lowest BCUT2D eigenvalue weighted by atomic mass is 9.99. The number of para-hydroxylation sites is 3. The van der Waals surface area contributed by atoms with E-state index in [2.05, 4.69) is 169 Å². The molecule has 0 N–H and O–H groups in total. The fourth-order valence-corrected chi connectivity index (χ4v) is 8.45. The predicted molar refractivity (Wildman–Crippen MR) is 210 cm³/mol. The van der Waals surface area contributed by atoms with Crippen LogP contribution in [0, 0.1) is 0 Å². The maximum Gasteiger partial charge on any atom is 0.143 e. The van der Waals surface area contributed by atoms with Crippen molar-refractivity contribution in [2.24, 2.45) is 0 Å². The van der Waals surface area contributed by atoms with Crippen molar-refractivity contribution in [1.29, 1.82) is 0 Å². The molecule has 2 nitrogen and oxygen atoms in total. The molecule has 0 bridgehead atoms. The lowest BCUT2D eigenvalue weighted by Gasteiger charge is -2.28. The van der Waals surface area contributed by atoms with Gasteiger partial charge in [0.15, 0.2) is 0 Å². The molecule has 49 heavy (non-hydrogen) atoms. The molecule has 2 heterocycles. The molecule has 2 aromatic heterocycles. The number of nitrogens with zero attached hydrogens (tertiary/aromatic N) is 1. The Morgan fingerprint density at radius 1 is 0.408 bits per heavy atom. The molecule has 10 rings (SSSR count). The normalized spacial score (nSPS) is 11.7. The summed E-state index contributed by atoms with van der Waals surface area (Å²) in [4.78, 5) is 2.39. The van der Waals surface area contributed by atoms with E-state index in [4.69, 9.17) is 4.42 Å². The first-order valence-electron chi connectivity index (χ1n) is 16.6. The van der Waals surface area contributed by atoms with E-state index in [0.29, 0.717) is 0 Å². The topological polar surface area (TPSA) is 16.4 Å². The first-order valence-corrected chi connectivity index (χ1v) is 17.4. The van der Waals surface area contributed by atoms with Gasteiger partial charge in [-0.2, -0.15) is 0 Å². The minimum Gasteiger partial charge on any atom is -0.455 e. The Labute approximate surface area is 287 Å². The van der Waals surface area contributed by atoms with Gasteiger partial charge in [-0.05, 0) is 76.5 Å². The molecule has 0 aliphatic rings. The van der Waals surface area contributed by atoms with Gasteiger partial charge < -0.3 is 9.32 Å². The number of benzene rings is 8. The minimum absolute atomic E-state index is 0.912. The van der Waals surface area contributed by atoms with Crippen molar-refractivity contribution in [2.75, 3.05) is 4.90 Å². The number of hydrogen-bond donors (Lipinski definition) is 0. The number of fused-ring (bicyclic) bond motifs is 7. The molecule has 0 amide bonds. The van der Waals surface area contributed by atoms with E-state index < -0.39 is 0 Å². The molecule has 0 fully saturated rings. The molecule has 0 radical (unpaired) electrons. The van der Waals surface area contributed by atoms with Crippen LogP contribution in [0.2, 0.25) is 0 Å². The fraction of sp³-hybridized carbons (Fsp3) is 0. The van der Waals surface area contributed by atoms with E-state index in [-0.39, 0.29) is 0 Å². The van der Waals surface area contributed by atoms with Crippen LogP contribution in [-0.2, 0) is 0 Å². The molecule has 230 valence electrons. The van der Waals surface area contributed by atoms with Crippen molar-refractivity contribution < 1.29 is 4.42 Å². The summed E-state index contributed by atoms with van der Waals surface area (Å²) in [6, 6.07) is 63.2. The van der Waals surface area contributed by atoms with Crippen LogP contribution in [0.1, 0.15) is 0 Å². The Kier molecular flexibility index (Phi) is 6.39. The SMILES string of the molecule is c1ccc(-c2ccccc2N(c2ccc(-c3cccc4c3oc3ccccc34)cc2)c2ccc3cc4c(cc3c2)sc2ccccc24)cc1. The Balaban J connectivity index is 1.14. The highest BCUT2D eigenvalue weighted by Crippen LogP contribution is 2.44. The molecule has 0 spiro atoms. The van der Waals surface area contributed by atoms with Crippen molar-refractivity contribution in [1.82, 2.24) is 0 Å². The van der Waals surface area contributed by atoms with E-state index in [1.54, 1.807) is 0 Å². The lowest BCUT2D eigenvalue weighted by Crippen LogP contribution is -2.11. The number of furan rings is 1. The van der Waals surface area contributed by atoms with Gasteiger partial charge in [-0.1, -0.05) is 121 Å². The van der Waals surface area contributed by atoms with Gasteiger partial charge in [0.05, 0.1) is 5.69 Å². The standard InChI is InChI=1S/C46H29NOS/c1-2-11-30(12-3-1)36-13-4-7-18-42(36)47(35-26-23-32-28-41-39-15-6-9-20-44(39)49-45(41)29-33(32)27-35)34-24-21-31(22-25-34)37-16-10-17-40-38-14-5-8-19-43(38)48-46(37)40/h1-29H. The zero-order valence-corrected chi connectivity index (χ0v) is 27.3. The smallest absolute Gasteiger partial charge is 0.143 e. The van der Waals surface area contributed by atoms with Gasteiger partial charge in [0.25, 0.3) is 0 Å². The molecule has 0 unspecified atom stereocenters. The fourth-order valence-electron chi connectivity index (χ4n) is 7.32. The number of hydrogen-bond acceptors (Lipinski definition) is 3. The average Bonchev–Trinajstić information content (AvgIpc) is 3.73. The molecule has 8 aromatic carbocycles. The van der Waals surface area contributed by atoms with E-state index >= 15 is 0 Å². The third-order valence-electron chi connectivity index (χ3n) is 9.65. The van der Waals surface area contributed by atoms with Gasteiger partial charge in [-0.25, -0.2) is 0 Å². The van der Waals surface area contributed by atoms with Crippen LogP contribution < -0.4 is 4.90 Å². The first kappa shape index (κ1) is 27.9. The highest BCUT2D eigenvalue weighted by atomic mass is 32.1.